The molecule has 0 saturated heterocycles. The van der Waals surface area contributed by atoms with E-state index in [1.807, 2.05) is 0 Å². The Bertz CT molecular complexity index is 826. The maximum atomic E-state index is 12.8. The lowest BCUT2D eigenvalue weighted by atomic mass is 10.2. The first kappa shape index (κ1) is 18.3. The van der Waals surface area contributed by atoms with E-state index in [2.05, 4.69) is 5.32 Å². The molecule has 25 heavy (non-hydrogen) atoms. The summed E-state index contributed by atoms with van der Waals surface area (Å²) in [5.41, 5.74) is 0.00940. The minimum absolute atomic E-state index is 0.0281. The predicted octanol–water partition coefficient (Wildman–Crippen LogP) is 3.57. The van der Waals surface area contributed by atoms with Crippen molar-refractivity contribution < 1.29 is 23.6 Å². The van der Waals surface area contributed by atoms with E-state index in [0.29, 0.717) is 0 Å². The number of ether oxygens (including phenoxy) is 1. The predicted molar refractivity (Wildman–Crippen MR) is 88.0 cm³/mol. The highest BCUT2D eigenvalue weighted by Crippen LogP contribution is 2.26. The molecule has 1 amide bonds. The van der Waals surface area contributed by atoms with Gasteiger partial charge in [-0.1, -0.05) is 11.6 Å². The molecule has 0 radical (unpaired) electrons. The summed E-state index contributed by atoms with van der Waals surface area (Å²) >= 11 is 5.88. The summed E-state index contributed by atoms with van der Waals surface area (Å²) in [7, 11) is 0. The molecule has 2 aromatic rings. The second-order valence-electron chi connectivity index (χ2n) is 4.96. The van der Waals surface area contributed by atoms with Gasteiger partial charge in [0.05, 0.1) is 21.2 Å². The molecule has 0 aliphatic rings. The minimum atomic E-state index is -1.16. The van der Waals surface area contributed by atoms with Crippen LogP contribution in [0.15, 0.2) is 42.5 Å². The number of esters is 1. The molecule has 0 saturated carbocycles. The number of hydrogen-bond acceptors (Lipinski definition) is 5. The fourth-order valence-corrected chi connectivity index (χ4v) is 2.04. The summed E-state index contributed by atoms with van der Waals surface area (Å²) in [6.07, 6.45) is -1.16. The van der Waals surface area contributed by atoms with Gasteiger partial charge in [-0.2, -0.15) is 0 Å². The molecule has 2 aromatic carbocycles. The van der Waals surface area contributed by atoms with Crippen LogP contribution in [0.2, 0.25) is 5.02 Å². The molecule has 0 aromatic heterocycles. The first-order valence-electron chi connectivity index (χ1n) is 6.99. The topological polar surface area (TPSA) is 98.5 Å². The van der Waals surface area contributed by atoms with Crippen LogP contribution in [0.3, 0.4) is 0 Å². The van der Waals surface area contributed by atoms with Gasteiger partial charge in [0, 0.05) is 12.1 Å². The molecular weight excluding hydrogens is 355 g/mol. The minimum Gasteiger partial charge on any atom is -0.449 e. The van der Waals surface area contributed by atoms with E-state index in [-0.39, 0.29) is 22.0 Å². The Hall–Kier alpha value is -3.00. The van der Waals surface area contributed by atoms with Crippen molar-refractivity contribution in [3.63, 3.8) is 0 Å². The summed E-state index contributed by atoms with van der Waals surface area (Å²) < 4.78 is 17.8. The molecule has 7 nitrogen and oxygen atoms in total. The van der Waals surface area contributed by atoms with Crippen molar-refractivity contribution in [2.24, 2.45) is 0 Å². The van der Waals surface area contributed by atoms with E-state index >= 15 is 0 Å². The fraction of sp³-hybridized carbons (Fsp3) is 0.125. The molecule has 0 bridgehead atoms. The van der Waals surface area contributed by atoms with E-state index in [1.165, 1.54) is 31.2 Å². The van der Waals surface area contributed by atoms with Crippen LogP contribution < -0.4 is 5.32 Å². The lowest BCUT2D eigenvalue weighted by Crippen LogP contribution is -2.30. The number of nitrogens with zero attached hydrogens (tertiary/aromatic N) is 1. The number of halogens is 2. The lowest BCUT2D eigenvalue weighted by molar-refractivity contribution is -0.384. The molecule has 0 fully saturated rings. The van der Waals surface area contributed by atoms with Crippen LogP contribution in [0.4, 0.5) is 15.8 Å². The van der Waals surface area contributed by atoms with Gasteiger partial charge in [-0.3, -0.25) is 14.9 Å². The van der Waals surface area contributed by atoms with E-state index in [9.17, 15) is 24.1 Å². The molecular formula is C16H12ClFN2O5. The van der Waals surface area contributed by atoms with Crippen LogP contribution >= 0.6 is 11.6 Å². The smallest absolute Gasteiger partial charge is 0.338 e. The van der Waals surface area contributed by atoms with Crippen molar-refractivity contribution in [3.05, 3.63) is 69.0 Å². The summed E-state index contributed by atoms with van der Waals surface area (Å²) in [4.78, 5) is 34.0. The molecule has 0 spiro atoms. The number of rotatable bonds is 5. The Labute approximate surface area is 146 Å². The third-order valence-corrected chi connectivity index (χ3v) is 3.47. The average Bonchev–Trinajstić information content (AvgIpc) is 2.56. The van der Waals surface area contributed by atoms with E-state index in [4.69, 9.17) is 16.3 Å². The Balaban J connectivity index is 2.01. The Kier molecular flexibility index (Phi) is 5.66. The Morgan fingerprint density at radius 1 is 1.24 bits per heavy atom. The molecule has 1 atom stereocenters. The number of nitrogens with one attached hydrogen (secondary N) is 1. The number of benzene rings is 2. The standard InChI is InChI=1S/C16H12ClFN2O5/c1-9(25-16(22)10-2-4-11(18)5-3-10)15(21)19-14-7-6-12(20(23)24)8-13(14)17/h2-9H,1H3,(H,19,21). The first-order valence-corrected chi connectivity index (χ1v) is 7.37. The van der Waals surface area contributed by atoms with Gasteiger partial charge >= 0.3 is 5.97 Å². The SMILES string of the molecule is CC(OC(=O)c1ccc(F)cc1)C(=O)Nc1ccc([N+](=O)[O-])cc1Cl. The van der Waals surface area contributed by atoms with E-state index in [1.54, 1.807) is 0 Å². The van der Waals surface area contributed by atoms with Crippen molar-refractivity contribution in [1.82, 2.24) is 0 Å². The Morgan fingerprint density at radius 3 is 2.44 bits per heavy atom. The second-order valence-corrected chi connectivity index (χ2v) is 5.37. The van der Waals surface area contributed by atoms with Gasteiger partial charge in [0.1, 0.15) is 5.82 Å². The van der Waals surface area contributed by atoms with Crippen molar-refractivity contribution in [3.8, 4) is 0 Å². The number of nitro groups is 1. The molecule has 1 unspecified atom stereocenters. The van der Waals surface area contributed by atoms with Crippen molar-refractivity contribution in [1.29, 1.82) is 0 Å². The maximum Gasteiger partial charge on any atom is 0.338 e. The van der Waals surface area contributed by atoms with Crippen LogP contribution in [-0.2, 0) is 9.53 Å². The zero-order valence-corrected chi connectivity index (χ0v) is 13.6. The van der Waals surface area contributed by atoms with Gasteiger partial charge in [0.2, 0.25) is 0 Å². The summed E-state index contributed by atoms with van der Waals surface area (Å²) in [6, 6.07) is 8.19. The molecule has 0 aliphatic carbocycles. The van der Waals surface area contributed by atoms with Crippen molar-refractivity contribution >= 4 is 34.9 Å². The van der Waals surface area contributed by atoms with Crippen molar-refractivity contribution in [2.45, 2.75) is 13.0 Å². The zero-order chi connectivity index (χ0) is 18.6. The highest BCUT2D eigenvalue weighted by Gasteiger charge is 2.20. The van der Waals surface area contributed by atoms with Gasteiger partial charge in [-0.15, -0.1) is 0 Å². The summed E-state index contributed by atoms with van der Waals surface area (Å²) in [5, 5.41) is 13.0. The molecule has 2 rings (SSSR count). The number of hydrogen-bond donors (Lipinski definition) is 1. The fourth-order valence-electron chi connectivity index (χ4n) is 1.82. The largest absolute Gasteiger partial charge is 0.449 e. The van der Waals surface area contributed by atoms with Gasteiger partial charge < -0.3 is 10.1 Å². The van der Waals surface area contributed by atoms with Gasteiger partial charge in [-0.05, 0) is 37.3 Å². The number of anilines is 1. The highest BCUT2D eigenvalue weighted by atomic mass is 35.5. The summed E-state index contributed by atoms with van der Waals surface area (Å²) in [6.45, 7) is 1.34. The molecule has 130 valence electrons. The van der Waals surface area contributed by atoms with Crippen LogP contribution in [0.25, 0.3) is 0 Å². The summed E-state index contributed by atoms with van der Waals surface area (Å²) in [5.74, 6) is -1.97. The number of non-ortho nitro benzene ring substituents is 1. The van der Waals surface area contributed by atoms with E-state index in [0.717, 1.165) is 18.2 Å². The van der Waals surface area contributed by atoms with Gasteiger partial charge in [-0.25, -0.2) is 9.18 Å². The Morgan fingerprint density at radius 2 is 1.88 bits per heavy atom. The van der Waals surface area contributed by atoms with Crippen LogP contribution in [-0.4, -0.2) is 22.9 Å². The average molecular weight is 367 g/mol. The van der Waals surface area contributed by atoms with Crippen LogP contribution in [0.5, 0.6) is 0 Å². The maximum absolute atomic E-state index is 12.8. The number of carbonyl (C=O) groups is 2. The zero-order valence-electron chi connectivity index (χ0n) is 12.9. The van der Waals surface area contributed by atoms with Crippen molar-refractivity contribution in [2.75, 3.05) is 5.32 Å². The first-order chi connectivity index (χ1) is 11.8. The monoisotopic (exact) mass is 366 g/mol. The van der Waals surface area contributed by atoms with Crippen LogP contribution in [0, 0.1) is 15.9 Å². The number of amides is 1. The molecule has 0 aliphatic heterocycles. The third-order valence-electron chi connectivity index (χ3n) is 3.15. The van der Waals surface area contributed by atoms with E-state index < -0.39 is 28.7 Å². The van der Waals surface area contributed by atoms with Gasteiger partial charge in [0.15, 0.2) is 6.10 Å². The van der Waals surface area contributed by atoms with Gasteiger partial charge in [0.25, 0.3) is 11.6 Å². The second kappa shape index (κ2) is 7.71. The molecule has 0 heterocycles. The molecule has 9 heteroatoms. The normalized spacial score (nSPS) is 11.5. The quantitative estimate of drug-likeness (QED) is 0.495. The number of nitro benzene ring substituents is 1. The molecule has 1 N–H and O–H groups in total. The number of carbonyl (C=O) groups excluding carboxylic acids is 2. The third kappa shape index (κ3) is 4.74. The lowest BCUT2D eigenvalue weighted by Gasteiger charge is -2.14. The highest BCUT2D eigenvalue weighted by molar-refractivity contribution is 6.34. The van der Waals surface area contributed by atoms with Crippen LogP contribution in [0.1, 0.15) is 17.3 Å².